The van der Waals surface area contributed by atoms with Gasteiger partial charge in [0.25, 0.3) is 0 Å². The van der Waals surface area contributed by atoms with Crippen molar-refractivity contribution in [1.82, 2.24) is 14.8 Å². The van der Waals surface area contributed by atoms with Crippen molar-refractivity contribution in [2.45, 2.75) is 62.7 Å². The lowest BCUT2D eigenvalue weighted by molar-refractivity contribution is 0.106. The molecule has 2 bridgehead atoms. The van der Waals surface area contributed by atoms with E-state index in [2.05, 4.69) is 52.9 Å². The van der Waals surface area contributed by atoms with Gasteiger partial charge in [-0.1, -0.05) is 24.3 Å². The number of amides is 2. The van der Waals surface area contributed by atoms with E-state index in [1.54, 1.807) is 0 Å². The maximum atomic E-state index is 13.0. The van der Waals surface area contributed by atoms with Crippen LogP contribution in [0.25, 0.3) is 10.9 Å². The summed E-state index contributed by atoms with van der Waals surface area (Å²) in [6.07, 6.45) is 6.86. The molecule has 1 aliphatic carbocycles. The van der Waals surface area contributed by atoms with Gasteiger partial charge in [-0.25, -0.2) is 9.78 Å². The smallest absolute Gasteiger partial charge is 0.321 e. The van der Waals surface area contributed by atoms with Gasteiger partial charge < -0.3 is 20.4 Å². The number of rotatable bonds is 4. The summed E-state index contributed by atoms with van der Waals surface area (Å²) < 4.78 is 0. The molecular formula is C28H33N5O. The van der Waals surface area contributed by atoms with Crippen molar-refractivity contribution in [3.05, 3.63) is 65.7 Å². The molecule has 34 heavy (non-hydrogen) atoms. The van der Waals surface area contributed by atoms with Crippen molar-refractivity contribution in [2.75, 3.05) is 24.7 Å². The second-order valence-corrected chi connectivity index (χ2v) is 10.3. The van der Waals surface area contributed by atoms with Crippen LogP contribution in [0.3, 0.4) is 0 Å². The highest BCUT2D eigenvalue weighted by Crippen LogP contribution is 2.36. The first-order valence-electron chi connectivity index (χ1n) is 12.6. The number of urea groups is 1. The minimum Gasteiger partial charge on any atom is -0.363 e. The Morgan fingerprint density at radius 1 is 1.03 bits per heavy atom. The Hall–Kier alpha value is -3.12. The molecule has 2 saturated heterocycles. The van der Waals surface area contributed by atoms with E-state index >= 15 is 0 Å². The second kappa shape index (κ2) is 8.58. The van der Waals surface area contributed by atoms with E-state index in [0.717, 1.165) is 48.1 Å². The standard InChI is InChI=1S/C28H33N5O/c1-32-21-10-11-22(32)17-23(16-21)33(2)28(34)29-20-9-13-25-19(15-20)8-14-27(30-25)31-26-12-7-18-5-3-4-6-24(18)26/h3-6,8-9,13-15,21-23,26H,7,10-12,16-17H2,1-2H3,(H,29,34)(H,30,31)/t21-,22+,23-,26-/m1/s1. The molecule has 0 spiro atoms. The highest BCUT2D eigenvalue weighted by molar-refractivity contribution is 5.93. The van der Waals surface area contributed by atoms with Crippen molar-refractivity contribution in [3.63, 3.8) is 0 Å². The molecule has 3 aromatic rings. The number of hydrogen-bond donors (Lipinski definition) is 2. The minimum absolute atomic E-state index is 0.0283. The van der Waals surface area contributed by atoms with Crippen molar-refractivity contribution >= 4 is 28.4 Å². The molecule has 2 aromatic carbocycles. The zero-order valence-electron chi connectivity index (χ0n) is 20.0. The summed E-state index contributed by atoms with van der Waals surface area (Å²) >= 11 is 0. The van der Waals surface area contributed by atoms with Gasteiger partial charge in [-0.05, 0) is 87.0 Å². The van der Waals surface area contributed by atoms with Crippen molar-refractivity contribution in [1.29, 1.82) is 0 Å². The van der Waals surface area contributed by atoms with Gasteiger partial charge in [-0.15, -0.1) is 0 Å². The first kappa shape index (κ1) is 21.4. The van der Waals surface area contributed by atoms with E-state index in [1.165, 1.54) is 24.0 Å². The molecule has 0 radical (unpaired) electrons. The molecule has 3 heterocycles. The number of nitrogens with zero attached hydrogens (tertiary/aromatic N) is 3. The number of benzene rings is 2. The van der Waals surface area contributed by atoms with Crippen LogP contribution in [0.4, 0.5) is 16.3 Å². The average Bonchev–Trinajstić information content (AvgIpc) is 3.32. The highest BCUT2D eigenvalue weighted by Gasteiger charge is 2.40. The molecule has 2 aliphatic heterocycles. The quantitative estimate of drug-likeness (QED) is 0.551. The number of nitrogens with one attached hydrogen (secondary N) is 2. The molecule has 2 N–H and O–H groups in total. The number of piperidine rings is 1. The molecule has 0 saturated carbocycles. The topological polar surface area (TPSA) is 60.5 Å². The van der Waals surface area contributed by atoms with Gasteiger partial charge in [-0.2, -0.15) is 0 Å². The predicted octanol–water partition coefficient (Wildman–Crippen LogP) is 5.42. The number of carbonyl (C=O) groups is 1. The van der Waals surface area contributed by atoms with Crippen LogP contribution in [0.15, 0.2) is 54.6 Å². The zero-order chi connectivity index (χ0) is 23.2. The Balaban J connectivity index is 1.12. The highest BCUT2D eigenvalue weighted by atomic mass is 16.2. The normalized spacial score (nSPS) is 25.8. The summed E-state index contributed by atoms with van der Waals surface area (Å²) in [4.78, 5) is 22.2. The third-order valence-corrected chi connectivity index (χ3v) is 8.34. The van der Waals surface area contributed by atoms with Crippen LogP contribution >= 0.6 is 0 Å². The molecule has 6 rings (SSSR count). The van der Waals surface area contributed by atoms with E-state index in [9.17, 15) is 4.79 Å². The lowest BCUT2D eigenvalue weighted by atomic mass is 9.97. The minimum atomic E-state index is -0.0283. The first-order valence-corrected chi connectivity index (χ1v) is 12.6. The number of aromatic nitrogens is 1. The maximum Gasteiger partial charge on any atom is 0.321 e. The number of anilines is 2. The zero-order valence-corrected chi connectivity index (χ0v) is 20.0. The van der Waals surface area contributed by atoms with Gasteiger partial charge in [0.05, 0.1) is 11.6 Å². The summed E-state index contributed by atoms with van der Waals surface area (Å²) in [5.41, 5.74) is 4.55. The van der Waals surface area contributed by atoms with Crippen LogP contribution in [-0.4, -0.2) is 53.0 Å². The van der Waals surface area contributed by atoms with Gasteiger partial charge in [0.15, 0.2) is 0 Å². The van der Waals surface area contributed by atoms with Gasteiger partial charge >= 0.3 is 6.03 Å². The number of carbonyl (C=O) groups excluding carboxylic acids is 1. The van der Waals surface area contributed by atoms with Crippen LogP contribution in [0, 0.1) is 0 Å². The molecule has 6 nitrogen and oxygen atoms in total. The molecule has 6 heteroatoms. The third kappa shape index (κ3) is 3.90. The fourth-order valence-electron chi connectivity index (χ4n) is 6.25. The fourth-order valence-corrected chi connectivity index (χ4v) is 6.25. The summed E-state index contributed by atoms with van der Waals surface area (Å²) in [6.45, 7) is 0. The van der Waals surface area contributed by atoms with E-state index < -0.39 is 0 Å². The van der Waals surface area contributed by atoms with Crippen LogP contribution in [0.1, 0.15) is 49.3 Å². The Morgan fingerprint density at radius 2 is 1.82 bits per heavy atom. The Kier molecular flexibility index (Phi) is 5.41. The summed E-state index contributed by atoms with van der Waals surface area (Å²) in [5, 5.41) is 7.74. The molecule has 2 fully saturated rings. The molecule has 176 valence electrons. The van der Waals surface area contributed by atoms with Gasteiger partial charge in [-0.3, -0.25) is 0 Å². The predicted molar refractivity (Wildman–Crippen MR) is 137 cm³/mol. The summed E-state index contributed by atoms with van der Waals surface area (Å²) in [5.74, 6) is 0.891. The largest absolute Gasteiger partial charge is 0.363 e. The van der Waals surface area contributed by atoms with Gasteiger partial charge in [0, 0.05) is 36.2 Å². The van der Waals surface area contributed by atoms with E-state index in [4.69, 9.17) is 4.98 Å². The maximum absolute atomic E-state index is 13.0. The van der Waals surface area contributed by atoms with Crippen LogP contribution < -0.4 is 10.6 Å². The number of fused-ring (bicyclic) bond motifs is 4. The van der Waals surface area contributed by atoms with E-state index in [1.807, 2.05) is 36.2 Å². The molecule has 1 aromatic heterocycles. The van der Waals surface area contributed by atoms with Crippen molar-refractivity contribution in [2.24, 2.45) is 0 Å². The monoisotopic (exact) mass is 455 g/mol. The number of hydrogen-bond acceptors (Lipinski definition) is 4. The van der Waals surface area contributed by atoms with Crippen LogP contribution in [0.5, 0.6) is 0 Å². The lowest BCUT2D eigenvalue weighted by Gasteiger charge is -2.40. The Labute approximate surface area is 201 Å². The Bertz CT molecular complexity index is 1210. The third-order valence-electron chi connectivity index (χ3n) is 8.34. The van der Waals surface area contributed by atoms with Gasteiger partial charge in [0.1, 0.15) is 5.82 Å². The first-order chi connectivity index (χ1) is 16.5. The van der Waals surface area contributed by atoms with Crippen LogP contribution in [-0.2, 0) is 6.42 Å². The average molecular weight is 456 g/mol. The molecule has 4 atom stereocenters. The van der Waals surface area contributed by atoms with Crippen molar-refractivity contribution < 1.29 is 4.79 Å². The summed E-state index contributed by atoms with van der Waals surface area (Å²) in [6, 6.07) is 20.6. The van der Waals surface area contributed by atoms with Crippen molar-refractivity contribution in [3.8, 4) is 0 Å². The molecule has 2 amide bonds. The lowest BCUT2D eigenvalue weighted by Crippen LogP contribution is -2.50. The SMILES string of the molecule is CN(C(=O)Nc1ccc2nc(N[C@@H]3CCc4ccccc43)ccc2c1)[C@@H]1C[C@H]2CC[C@@H](C1)N2C. The van der Waals surface area contributed by atoms with E-state index in [-0.39, 0.29) is 6.03 Å². The molecule has 0 unspecified atom stereocenters. The Morgan fingerprint density at radius 3 is 2.65 bits per heavy atom. The van der Waals surface area contributed by atoms with E-state index in [0.29, 0.717) is 24.2 Å². The number of pyridine rings is 1. The van der Waals surface area contributed by atoms with Gasteiger partial charge in [0.2, 0.25) is 0 Å². The fraction of sp³-hybridized carbons (Fsp3) is 0.429. The second-order valence-electron chi connectivity index (χ2n) is 10.3. The summed E-state index contributed by atoms with van der Waals surface area (Å²) in [7, 11) is 4.17. The number of aryl methyl sites for hydroxylation is 1. The van der Waals surface area contributed by atoms with Crippen LogP contribution in [0.2, 0.25) is 0 Å². The molecule has 3 aliphatic rings. The molecular weight excluding hydrogens is 422 g/mol.